The fourth-order valence-electron chi connectivity index (χ4n) is 5.42. The SMILES string of the molecule is CCC(C)C(=O)OC1C2CC3C1OC(=O)C3C2C(=O)OC1(C)CCCC1. The molecule has 4 aliphatic rings. The summed E-state index contributed by atoms with van der Waals surface area (Å²) in [6, 6.07) is 0. The van der Waals surface area contributed by atoms with Crippen molar-refractivity contribution in [1.29, 1.82) is 0 Å². The first-order chi connectivity index (χ1) is 12.3. The van der Waals surface area contributed by atoms with Crippen LogP contribution in [0.5, 0.6) is 0 Å². The van der Waals surface area contributed by atoms with Crippen LogP contribution < -0.4 is 0 Å². The third-order valence-corrected chi connectivity index (χ3v) is 7.09. The van der Waals surface area contributed by atoms with Gasteiger partial charge in [-0.05, 0) is 45.4 Å². The number of ether oxygens (including phenoxy) is 3. The molecular weight excluding hydrogens is 336 g/mol. The summed E-state index contributed by atoms with van der Waals surface area (Å²) in [5.41, 5.74) is -0.427. The number of carbonyl (C=O) groups is 3. The molecule has 0 N–H and O–H groups in total. The molecule has 0 spiro atoms. The number of hydrogen-bond acceptors (Lipinski definition) is 6. The topological polar surface area (TPSA) is 78.9 Å². The quantitative estimate of drug-likeness (QED) is 0.551. The van der Waals surface area contributed by atoms with Gasteiger partial charge >= 0.3 is 17.9 Å². The minimum Gasteiger partial charge on any atom is -0.459 e. The van der Waals surface area contributed by atoms with Crippen LogP contribution in [0.4, 0.5) is 0 Å². The van der Waals surface area contributed by atoms with E-state index in [1.54, 1.807) is 0 Å². The van der Waals surface area contributed by atoms with Crippen molar-refractivity contribution in [3.05, 3.63) is 0 Å². The molecule has 7 unspecified atom stereocenters. The van der Waals surface area contributed by atoms with Crippen molar-refractivity contribution in [3.8, 4) is 0 Å². The fraction of sp³-hybridized carbons (Fsp3) is 0.850. The van der Waals surface area contributed by atoms with Gasteiger partial charge in [-0.15, -0.1) is 0 Å². The molecule has 26 heavy (non-hydrogen) atoms. The van der Waals surface area contributed by atoms with Gasteiger partial charge in [0.15, 0.2) is 0 Å². The number of rotatable bonds is 5. The van der Waals surface area contributed by atoms with Crippen molar-refractivity contribution in [1.82, 2.24) is 0 Å². The first kappa shape index (κ1) is 17.8. The van der Waals surface area contributed by atoms with Crippen LogP contribution in [0.15, 0.2) is 0 Å². The molecule has 0 aromatic carbocycles. The Morgan fingerprint density at radius 3 is 2.62 bits per heavy atom. The fourth-order valence-corrected chi connectivity index (χ4v) is 5.42. The van der Waals surface area contributed by atoms with Crippen molar-refractivity contribution in [2.75, 3.05) is 0 Å². The van der Waals surface area contributed by atoms with Crippen molar-refractivity contribution >= 4 is 17.9 Å². The van der Waals surface area contributed by atoms with Crippen molar-refractivity contribution in [2.24, 2.45) is 29.6 Å². The summed E-state index contributed by atoms with van der Waals surface area (Å²) in [5, 5.41) is 0. The summed E-state index contributed by atoms with van der Waals surface area (Å²) in [7, 11) is 0. The molecular formula is C20H28O6. The van der Waals surface area contributed by atoms with Gasteiger partial charge in [0, 0.05) is 11.8 Å². The minimum absolute atomic E-state index is 0.0313. The molecule has 1 heterocycles. The van der Waals surface area contributed by atoms with Crippen LogP contribution in [-0.4, -0.2) is 35.7 Å². The lowest BCUT2D eigenvalue weighted by Gasteiger charge is -2.33. The first-order valence-corrected chi connectivity index (χ1v) is 9.98. The van der Waals surface area contributed by atoms with Gasteiger partial charge in [0.05, 0.1) is 17.8 Å². The molecule has 7 atom stereocenters. The summed E-state index contributed by atoms with van der Waals surface area (Å²) in [6.45, 7) is 5.73. The van der Waals surface area contributed by atoms with Crippen LogP contribution in [-0.2, 0) is 28.6 Å². The zero-order chi connectivity index (χ0) is 18.6. The molecule has 4 rings (SSSR count). The Kier molecular flexibility index (Phi) is 4.27. The standard InChI is InChI=1S/C20H28O6/c1-4-10(2)17(21)24-15-12-9-11-13(18(22)25-16(11)15)14(12)19(23)26-20(3)7-5-6-8-20/h10-16H,4-9H2,1-3H3. The maximum Gasteiger partial charge on any atom is 0.310 e. The predicted octanol–water partition coefficient (Wildman–Crippen LogP) is 2.63. The molecule has 1 aliphatic heterocycles. The van der Waals surface area contributed by atoms with Crippen LogP contribution in [0.3, 0.4) is 0 Å². The van der Waals surface area contributed by atoms with E-state index in [4.69, 9.17) is 14.2 Å². The lowest BCUT2D eigenvalue weighted by atomic mass is 9.78. The van der Waals surface area contributed by atoms with E-state index in [9.17, 15) is 14.4 Å². The highest BCUT2D eigenvalue weighted by molar-refractivity contribution is 5.86. The monoisotopic (exact) mass is 364 g/mol. The highest BCUT2D eigenvalue weighted by Crippen LogP contribution is 2.59. The molecule has 3 saturated carbocycles. The Labute approximate surface area is 153 Å². The molecule has 0 amide bonds. The van der Waals surface area contributed by atoms with E-state index in [0.717, 1.165) is 25.7 Å². The van der Waals surface area contributed by atoms with Crippen LogP contribution in [0, 0.1) is 29.6 Å². The van der Waals surface area contributed by atoms with Gasteiger partial charge in [0.1, 0.15) is 17.8 Å². The lowest BCUT2D eigenvalue weighted by Crippen LogP contribution is -2.45. The number of fused-ring (bicyclic) bond motifs is 1. The Hall–Kier alpha value is -1.59. The van der Waals surface area contributed by atoms with E-state index >= 15 is 0 Å². The van der Waals surface area contributed by atoms with E-state index in [2.05, 4.69) is 0 Å². The van der Waals surface area contributed by atoms with Gasteiger partial charge < -0.3 is 14.2 Å². The van der Waals surface area contributed by atoms with Crippen molar-refractivity contribution in [2.45, 2.75) is 77.1 Å². The van der Waals surface area contributed by atoms with Gasteiger partial charge in [-0.3, -0.25) is 14.4 Å². The first-order valence-electron chi connectivity index (χ1n) is 9.98. The Balaban J connectivity index is 1.53. The van der Waals surface area contributed by atoms with E-state index < -0.39 is 29.6 Å². The van der Waals surface area contributed by atoms with Gasteiger partial charge in [0.25, 0.3) is 0 Å². The van der Waals surface area contributed by atoms with Crippen molar-refractivity contribution in [3.63, 3.8) is 0 Å². The van der Waals surface area contributed by atoms with Crippen molar-refractivity contribution < 1.29 is 28.6 Å². The van der Waals surface area contributed by atoms with Gasteiger partial charge in [-0.1, -0.05) is 13.8 Å². The zero-order valence-electron chi connectivity index (χ0n) is 15.7. The molecule has 0 radical (unpaired) electrons. The van der Waals surface area contributed by atoms with Crippen LogP contribution in [0.2, 0.25) is 0 Å². The molecule has 4 fully saturated rings. The van der Waals surface area contributed by atoms with E-state index in [-0.39, 0.29) is 35.7 Å². The van der Waals surface area contributed by atoms with Crippen LogP contribution in [0.1, 0.15) is 59.3 Å². The molecule has 0 aromatic heterocycles. The minimum atomic E-state index is -0.543. The summed E-state index contributed by atoms with van der Waals surface area (Å²) in [5.74, 6) is -2.30. The van der Waals surface area contributed by atoms with Gasteiger partial charge in [-0.2, -0.15) is 0 Å². The molecule has 3 aliphatic carbocycles. The van der Waals surface area contributed by atoms with Gasteiger partial charge in [-0.25, -0.2) is 0 Å². The summed E-state index contributed by atoms with van der Waals surface area (Å²) in [4.78, 5) is 37.6. The summed E-state index contributed by atoms with van der Waals surface area (Å²) in [6.07, 6.45) is 4.32. The molecule has 144 valence electrons. The largest absolute Gasteiger partial charge is 0.459 e. The second-order valence-electron chi connectivity index (χ2n) is 8.81. The molecule has 1 saturated heterocycles. The Morgan fingerprint density at radius 2 is 1.96 bits per heavy atom. The average molecular weight is 364 g/mol. The lowest BCUT2D eigenvalue weighted by molar-refractivity contribution is -0.174. The maximum atomic E-state index is 13.0. The number of carbonyl (C=O) groups excluding carboxylic acids is 3. The zero-order valence-corrected chi connectivity index (χ0v) is 15.7. The van der Waals surface area contributed by atoms with Crippen LogP contribution >= 0.6 is 0 Å². The molecule has 6 heteroatoms. The van der Waals surface area contributed by atoms with E-state index in [1.165, 1.54) is 0 Å². The smallest absolute Gasteiger partial charge is 0.310 e. The summed E-state index contributed by atoms with van der Waals surface area (Å²) < 4.78 is 17.1. The molecule has 6 nitrogen and oxygen atoms in total. The maximum absolute atomic E-state index is 13.0. The normalized spacial score (nSPS) is 40.3. The van der Waals surface area contributed by atoms with E-state index in [0.29, 0.717) is 12.8 Å². The second kappa shape index (κ2) is 6.24. The third-order valence-electron chi connectivity index (χ3n) is 7.09. The van der Waals surface area contributed by atoms with Gasteiger partial charge in [0.2, 0.25) is 0 Å². The number of hydrogen-bond donors (Lipinski definition) is 0. The van der Waals surface area contributed by atoms with E-state index in [1.807, 2.05) is 20.8 Å². The Bertz CT molecular complexity index is 622. The predicted molar refractivity (Wildman–Crippen MR) is 90.8 cm³/mol. The Morgan fingerprint density at radius 1 is 1.27 bits per heavy atom. The van der Waals surface area contributed by atoms with Crippen LogP contribution in [0.25, 0.3) is 0 Å². The second-order valence-corrected chi connectivity index (χ2v) is 8.81. The summed E-state index contributed by atoms with van der Waals surface area (Å²) >= 11 is 0. The highest BCUT2D eigenvalue weighted by atomic mass is 16.6. The molecule has 2 bridgehead atoms. The third kappa shape index (κ3) is 2.64. The average Bonchev–Trinajstić information content (AvgIpc) is 3.31. The highest BCUT2D eigenvalue weighted by Gasteiger charge is 2.70. The molecule has 0 aromatic rings. The number of esters is 3.